The van der Waals surface area contributed by atoms with Crippen LogP contribution in [0.25, 0.3) is 5.57 Å². The molecule has 2 aromatic heterocycles. The van der Waals surface area contributed by atoms with Gasteiger partial charge in [-0.15, -0.1) is 11.3 Å². The third-order valence-corrected chi connectivity index (χ3v) is 8.16. The number of amides is 2. The molecule has 0 saturated heterocycles. The van der Waals surface area contributed by atoms with Crippen molar-refractivity contribution in [3.05, 3.63) is 75.0 Å². The van der Waals surface area contributed by atoms with Gasteiger partial charge in [-0.25, -0.2) is 4.98 Å². The number of hydrogen-bond acceptors (Lipinski definition) is 5. The summed E-state index contributed by atoms with van der Waals surface area (Å²) in [5.41, 5.74) is 3.13. The molecule has 0 saturated carbocycles. The van der Waals surface area contributed by atoms with Crippen LogP contribution in [0.5, 0.6) is 0 Å². The van der Waals surface area contributed by atoms with Crippen LogP contribution < -0.4 is 0 Å². The SMILES string of the molecule is Cc1cc(C(F)(F)F)nn1CC(=O)N1CC=C(c2nc(C(=O)N(C)[C@@H]3CCCc4ccccc43)cs2)CC1. The molecule has 3 aromatic rings. The molecule has 11 heteroatoms. The maximum atomic E-state index is 13.3. The Labute approximate surface area is 222 Å². The number of thiazole rings is 1. The van der Waals surface area contributed by atoms with E-state index in [1.165, 1.54) is 29.4 Å². The maximum absolute atomic E-state index is 13.3. The van der Waals surface area contributed by atoms with Crippen LogP contribution in [-0.4, -0.2) is 56.5 Å². The maximum Gasteiger partial charge on any atom is 0.435 e. The Morgan fingerprint density at radius 3 is 2.71 bits per heavy atom. The van der Waals surface area contributed by atoms with Crippen molar-refractivity contribution in [2.75, 3.05) is 20.1 Å². The van der Waals surface area contributed by atoms with E-state index in [0.29, 0.717) is 25.2 Å². The molecule has 200 valence electrons. The van der Waals surface area contributed by atoms with E-state index in [4.69, 9.17) is 0 Å². The smallest absolute Gasteiger partial charge is 0.337 e. The lowest BCUT2D eigenvalue weighted by atomic mass is 9.87. The van der Waals surface area contributed by atoms with Crippen LogP contribution in [0.4, 0.5) is 13.2 Å². The number of fused-ring (bicyclic) bond motifs is 1. The zero-order chi connectivity index (χ0) is 27.0. The largest absolute Gasteiger partial charge is 0.435 e. The molecule has 7 nitrogen and oxygen atoms in total. The van der Waals surface area contributed by atoms with Crippen molar-refractivity contribution in [3.63, 3.8) is 0 Å². The van der Waals surface area contributed by atoms with Crippen molar-refractivity contribution in [1.82, 2.24) is 24.6 Å². The molecule has 1 aliphatic heterocycles. The molecule has 0 bridgehead atoms. The number of alkyl halides is 3. The molecule has 2 amide bonds. The van der Waals surface area contributed by atoms with Gasteiger partial charge in [-0.1, -0.05) is 30.3 Å². The van der Waals surface area contributed by atoms with Gasteiger partial charge in [0.05, 0.1) is 6.04 Å². The van der Waals surface area contributed by atoms with Crippen molar-refractivity contribution in [2.24, 2.45) is 0 Å². The van der Waals surface area contributed by atoms with E-state index in [2.05, 4.69) is 22.2 Å². The molecule has 0 radical (unpaired) electrons. The summed E-state index contributed by atoms with van der Waals surface area (Å²) in [6.07, 6.45) is 0.871. The highest BCUT2D eigenvalue weighted by Crippen LogP contribution is 2.35. The Kier molecular flexibility index (Phi) is 7.13. The summed E-state index contributed by atoms with van der Waals surface area (Å²) >= 11 is 1.40. The van der Waals surface area contributed by atoms with Crippen molar-refractivity contribution in [2.45, 2.75) is 51.4 Å². The van der Waals surface area contributed by atoms with Gasteiger partial charge in [-0.05, 0) is 55.4 Å². The Bertz CT molecular complexity index is 1390. The predicted octanol–water partition coefficient (Wildman–Crippen LogP) is 5.13. The van der Waals surface area contributed by atoms with Gasteiger partial charge < -0.3 is 9.80 Å². The van der Waals surface area contributed by atoms with Crippen molar-refractivity contribution in [1.29, 1.82) is 0 Å². The minimum atomic E-state index is -4.55. The highest BCUT2D eigenvalue weighted by atomic mass is 32.1. The van der Waals surface area contributed by atoms with E-state index in [1.807, 2.05) is 25.3 Å². The van der Waals surface area contributed by atoms with Gasteiger partial charge in [0.2, 0.25) is 5.91 Å². The molecule has 1 aromatic carbocycles. The van der Waals surface area contributed by atoms with E-state index in [1.54, 1.807) is 15.2 Å². The van der Waals surface area contributed by atoms with Crippen LogP contribution in [0.1, 0.15) is 63.3 Å². The van der Waals surface area contributed by atoms with Crippen molar-refractivity contribution >= 4 is 28.7 Å². The molecule has 0 fully saturated rings. The van der Waals surface area contributed by atoms with Gasteiger partial charge in [0, 0.05) is 31.2 Å². The Balaban J connectivity index is 1.22. The first kappa shape index (κ1) is 26.1. The number of aryl methyl sites for hydroxylation is 2. The first-order valence-electron chi connectivity index (χ1n) is 12.5. The molecule has 1 atom stereocenters. The fraction of sp³-hybridized carbons (Fsp3) is 0.407. The average Bonchev–Trinajstić information content (AvgIpc) is 3.55. The van der Waals surface area contributed by atoms with Crippen LogP contribution in [0.15, 0.2) is 41.8 Å². The standard InChI is InChI=1S/C27H28F3N5O2S/c1-17-14-23(27(28,29)30)32-35(17)15-24(36)34-12-10-19(11-13-34)25-31-21(16-38-25)26(37)33(2)22-9-5-7-18-6-3-4-8-20(18)22/h3-4,6,8,10,14,16,22H,5,7,9,11-13,15H2,1-2H3/t22-/m1/s1. The zero-order valence-corrected chi connectivity index (χ0v) is 22.0. The van der Waals surface area contributed by atoms with Crippen molar-refractivity contribution < 1.29 is 22.8 Å². The molecule has 5 rings (SSSR count). The number of carbonyl (C=O) groups is 2. The molecule has 0 unspecified atom stereocenters. The normalized spacial score (nSPS) is 17.7. The van der Waals surface area contributed by atoms with Gasteiger partial charge in [-0.2, -0.15) is 18.3 Å². The summed E-state index contributed by atoms with van der Waals surface area (Å²) in [5, 5.41) is 6.07. The van der Waals surface area contributed by atoms with Gasteiger partial charge in [0.25, 0.3) is 5.91 Å². The molecule has 0 spiro atoms. The number of carbonyl (C=O) groups excluding carboxylic acids is 2. The summed E-state index contributed by atoms with van der Waals surface area (Å²) in [6, 6.07) is 9.23. The topological polar surface area (TPSA) is 71.3 Å². The van der Waals surface area contributed by atoms with Gasteiger partial charge in [0.1, 0.15) is 17.2 Å². The Morgan fingerprint density at radius 1 is 1.21 bits per heavy atom. The number of benzene rings is 1. The lowest BCUT2D eigenvalue weighted by Gasteiger charge is -2.33. The number of halogens is 3. The predicted molar refractivity (Wildman–Crippen MR) is 137 cm³/mol. The molecular formula is C27H28F3N5O2S. The average molecular weight is 544 g/mol. The minimum absolute atomic E-state index is 0.0247. The van der Waals surface area contributed by atoms with Crippen LogP contribution in [-0.2, 0) is 23.9 Å². The number of nitrogens with zero attached hydrogens (tertiary/aromatic N) is 5. The lowest BCUT2D eigenvalue weighted by molar-refractivity contribution is -0.142. The summed E-state index contributed by atoms with van der Waals surface area (Å²) in [5.74, 6) is -0.417. The Hall–Kier alpha value is -3.47. The molecule has 2 aliphatic rings. The highest BCUT2D eigenvalue weighted by Gasteiger charge is 2.35. The lowest BCUT2D eigenvalue weighted by Crippen LogP contribution is -2.37. The molecule has 0 N–H and O–H groups in total. The second-order valence-electron chi connectivity index (χ2n) is 9.71. The summed E-state index contributed by atoms with van der Waals surface area (Å²) in [6.45, 7) is 1.98. The zero-order valence-electron chi connectivity index (χ0n) is 21.2. The minimum Gasteiger partial charge on any atom is -0.337 e. The van der Waals surface area contributed by atoms with E-state index < -0.39 is 11.9 Å². The second-order valence-corrected chi connectivity index (χ2v) is 10.6. The monoisotopic (exact) mass is 543 g/mol. The number of hydrogen-bond donors (Lipinski definition) is 0. The third-order valence-electron chi connectivity index (χ3n) is 7.24. The van der Waals surface area contributed by atoms with Gasteiger partial charge in [0.15, 0.2) is 5.69 Å². The quantitative estimate of drug-likeness (QED) is 0.447. The summed E-state index contributed by atoms with van der Waals surface area (Å²) < 4.78 is 39.8. The van der Waals surface area contributed by atoms with Crippen LogP contribution in [0, 0.1) is 6.92 Å². The Morgan fingerprint density at radius 2 is 2.00 bits per heavy atom. The van der Waals surface area contributed by atoms with E-state index in [-0.39, 0.29) is 30.1 Å². The van der Waals surface area contributed by atoms with Gasteiger partial charge >= 0.3 is 6.18 Å². The van der Waals surface area contributed by atoms with Crippen LogP contribution >= 0.6 is 11.3 Å². The van der Waals surface area contributed by atoms with Crippen molar-refractivity contribution in [3.8, 4) is 0 Å². The summed E-state index contributed by atoms with van der Waals surface area (Å²) in [7, 11) is 1.83. The number of aromatic nitrogens is 3. The molecule has 1 aliphatic carbocycles. The fourth-order valence-electron chi connectivity index (χ4n) is 5.10. The van der Waals surface area contributed by atoms with E-state index >= 15 is 0 Å². The fourth-order valence-corrected chi connectivity index (χ4v) is 5.96. The molecular weight excluding hydrogens is 515 g/mol. The van der Waals surface area contributed by atoms with E-state index in [9.17, 15) is 22.8 Å². The van der Waals surface area contributed by atoms with E-state index in [0.717, 1.165) is 40.6 Å². The first-order valence-corrected chi connectivity index (χ1v) is 13.4. The van der Waals surface area contributed by atoms with Crippen LogP contribution in [0.3, 0.4) is 0 Å². The summed E-state index contributed by atoms with van der Waals surface area (Å²) in [4.78, 5) is 34.0. The van der Waals surface area contributed by atoms with Gasteiger partial charge in [-0.3, -0.25) is 14.3 Å². The number of rotatable bonds is 5. The third kappa shape index (κ3) is 5.24. The first-order chi connectivity index (χ1) is 18.1. The second kappa shape index (κ2) is 10.4. The van der Waals surface area contributed by atoms with Crippen LogP contribution in [0.2, 0.25) is 0 Å². The molecule has 38 heavy (non-hydrogen) atoms. The molecule has 3 heterocycles. The highest BCUT2D eigenvalue weighted by molar-refractivity contribution is 7.11.